The Morgan fingerprint density at radius 1 is 1.29 bits per heavy atom. The molecule has 0 heterocycles. The van der Waals surface area contributed by atoms with E-state index in [0.29, 0.717) is 6.42 Å². The van der Waals surface area contributed by atoms with Gasteiger partial charge in [0.2, 0.25) is 5.91 Å². The quantitative estimate of drug-likeness (QED) is 0.812. The highest BCUT2D eigenvalue weighted by Gasteiger charge is 2.22. The lowest BCUT2D eigenvalue weighted by Gasteiger charge is -2.18. The van der Waals surface area contributed by atoms with Crippen molar-refractivity contribution < 1.29 is 19.1 Å². The van der Waals surface area contributed by atoms with Crippen molar-refractivity contribution in [3.63, 3.8) is 0 Å². The van der Waals surface area contributed by atoms with Crippen molar-refractivity contribution >= 4 is 11.9 Å². The highest BCUT2D eigenvalue weighted by molar-refractivity contribution is 5.83. The second-order valence-electron chi connectivity index (χ2n) is 5.75. The first-order chi connectivity index (χ1) is 9.79. The van der Waals surface area contributed by atoms with Crippen LogP contribution in [0.4, 0.5) is 4.39 Å². The number of hydrogen-bond acceptors (Lipinski definition) is 2. The van der Waals surface area contributed by atoms with Gasteiger partial charge in [-0.2, -0.15) is 0 Å². The molecule has 116 valence electrons. The largest absolute Gasteiger partial charge is 0.480 e. The lowest BCUT2D eigenvalue weighted by Crippen LogP contribution is -2.41. The predicted molar refractivity (Wildman–Crippen MR) is 78.5 cm³/mol. The molecule has 0 spiro atoms. The summed E-state index contributed by atoms with van der Waals surface area (Å²) in [6.45, 7) is 5.61. The number of amides is 1. The second kappa shape index (κ2) is 7.76. The van der Waals surface area contributed by atoms with E-state index in [-0.39, 0.29) is 30.0 Å². The van der Waals surface area contributed by atoms with Crippen LogP contribution in [-0.2, 0) is 9.59 Å². The minimum Gasteiger partial charge on any atom is -0.480 e. The number of carbonyl (C=O) groups is 2. The fourth-order valence-corrected chi connectivity index (χ4v) is 2.16. The number of carbonyl (C=O) groups excluding carboxylic acids is 1. The predicted octanol–water partition coefficient (Wildman–Crippen LogP) is 2.93. The number of hydrogen-bond donors (Lipinski definition) is 2. The lowest BCUT2D eigenvalue weighted by atomic mass is 9.97. The summed E-state index contributed by atoms with van der Waals surface area (Å²) in [5.74, 6) is -1.71. The molecule has 0 aliphatic rings. The zero-order valence-electron chi connectivity index (χ0n) is 12.6. The number of carboxylic acids is 1. The van der Waals surface area contributed by atoms with Crippen molar-refractivity contribution in [1.82, 2.24) is 5.32 Å². The van der Waals surface area contributed by atoms with Crippen molar-refractivity contribution in [3.05, 3.63) is 35.6 Å². The molecule has 0 aromatic heterocycles. The number of benzene rings is 1. The molecule has 1 amide bonds. The molecule has 0 saturated carbocycles. The SMILES string of the molecule is CC(C)C[C@@H](NC(=O)CC(C)c1cccc(F)c1)C(=O)O. The van der Waals surface area contributed by atoms with Gasteiger partial charge >= 0.3 is 5.97 Å². The smallest absolute Gasteiger partial charge is 0.326 e. The van der Waals surface area contributed by atoms with Crippen LogP contribution in [0.1, 0.15) is 45.1 Å². The van der Waals surface area contributed by atoms with Crippen LogP contribution in [0, 0.1) is 11.7 Å². The average molecular weight is 295 g/mol. The van der Waals surface area contributed by atoms with Crippen LogP contribution in [0.15, 0.2) is 24.3 Å². The molecule has 0 bridgehead atoms. The van der Waals surface area contributed by atoms with E-state index in [0.717, 1.165) is 5.56 Å². The van der Waals surface area contributed by atoms with Crippen LogP contribution in [0.3, 0.4) is 0 Å². The van der Waals surface area contributed by atoms with Crippen LogP contribution in [0.25, 0.3) is 0 Å². The van der Waals surface area contributed by atoms with Crippen molar-refractivity contribution in [3.8, 4) is 0 Å². The first-order valence-electron chi connectivity index (χ1n) is 7.07. The minimum absolute atomic E-state index is 0.130. The Morgan fingerprint density at radius 3 is 2.48 bits per heavy atom. The van der Waals surface area contributed by atoms with Crippen LogP contribution in [-0.4, -0.2) is 23.0 Å². The van der Waals surface area contributed by atoms with E-state index in [1.54, 1.807) is 12.1 Å². The first kappa shape index (κ1) is 17.1. The Balaban J connectivity index is 2.61. The fraction of sp³-hybridized carbons (Fsp3) is 0.500. The van der Waals surface area contributed by atoms with Gasteiger partial charge in [-0.25, -0.2) is 9.18 Å². The summed E-state index contributed by atoms with van der Waals surface area (Å²) in [5.41, 5.74) is 0.723. The van der Waals surface area contributed by atoms with E-state index >= 15 is 0 Å². The number of halogens is 1. The third kappa shape index (κ3) is 5.94. The topological polar surface area (TPSA) is 66.4 Å². The average Bonchev–Trinajstić information content (AvgIpc) is 2.37. The maximum atomic E-state index is 13.1. The molecule has 1 rings (SSSR count). The van der Waals surface area contributed by atoms with E-state index in [1.165, 1.54) is 12.1 Å². The molecule has 0 aliphatic heterocycles. The first-order valence-corrected chi connectivity index (χ1v) is 7.07. The summed E-state index contributed by atoms with van der Waals surface area (Å²) in [4.78, 5) is 23.0. The van der Waals surface area contributed by atoms with Gasteiger partial charge in [0, 0.05) is 6.42 Å². The molecule has 0 radical (unpaired) electrons. The molecule has 0 aliphatic carbocycles. The normalized spacial score (nSPS) is 13.8. The minimum atomic E-state index is -1.03. The number of nitrogens with one attached hydrogen (secondary N) is 1. The van der Waals surface area contributed by atoms with Crippen LogP contribution in [0.5, 0.6) is 0 Å². The van der Waals surface area contributed by atoms with Gasteiger partial charge in [-0.3, -0.25) is 4.79 Å². The van der Waals surface area contributed by atoms with Crippen molar-refractivity contribution in [1.29, 1.82) is 0 Å². The summed E-state index contributed by atoms with van der Waals surface area (Å²) in [6, 6.07) is 5.21. The monoisotopic (exact) mass is 295 g/mol. The van der Waals surface area contributed by atoms with Gasteiger partial charge in [-0.15, -0.1) is 0 Å². The number of aliphatic carboxylic acids is 1. The number of carboxylic acid groups (broad SMARTS) is 1. The summed E-state index contributed by atoms with van der Waals surface area (Å²) >= 11 is 0. The molecular weight excluding hydrogens is 273 g/mol. The Hall–Kier alpha value is -1.91. The van der Waals surface area contributed by atoms with Crippen LogP contribution in [0.2, 0.25) is 0 Å². The van der Waals surface area contributed by atoms with Gasteiger partial charge in [0.15, 0.2) is 0 Å². The summed E-state index contributed by atoms with van der Waals surface area (Å²) in [6.07, 6.45) is 0.515. The van der Waals surface area contributed by atoms with E-state index in [1.807, 2.05) is 20.8 Å². The summed E-state index contributed by atoms with van der Waals surface area (Å²) < 4.78 is 13.1. The zero-order chi connectivity index (χ0) is 16.0. The molecular formula is C16H22FNO3. The molecule has 4 nitrogen and oxygen atoms in total. The van der Waals surface area contributed by atoms with Crippen LogP contribution >= 0.6 is 0 Å². The van der Waals surface area contributed by atoms with Crippen molar-refractivity contribution in [2.24, 2.45) is 5.92 Å². The molecule has 2 N–H and O–H groups in total. The molecule has 21 heavy (non-hydrogen) atoms. The Morgan fingerprint density at radius 2 is 1.95 bits per heavy atom. The molecule has 1 aromatic rings. The summed E-state index contributed by atoms with van der Waals surface area (Å²) in [5, 5.41) is 11.6. The molecule has 2 atom stereocenters. The van der Waals surface area contributed by atoms with E-state index in [2.05, 4.69) is 5.32 Å². The van der Waals surface area contributed by atoms with Gasteiger partial charge in [-0.05, 0) is 36.0 Å². The highest BCUT2D eigenvalue weighted by Crippen LogP contribution is 2.19. The van der Waals surface area contributed by atoms with Gasteiger partial charge in [0.05, 0.1) is 0 Å². The molecule has 0 fully saturated rings. The van der Waals surface area contributed by atoms with Gasteiger partial charge in [-0.1, -0.05) is 32.9 Å². The Bertz CT molecular complexity index is 502. The number of rotatable bonds is 7. The van der Waals surface area contributed by atoms with Crippen molar-refractivity contribution in [2.75, 3.05) is 0 Å². The fourth-order valence-electron chi connectivity index (χ4n) is 2.16. The van der Waals surface area contributed by atoms with E-state index in [4.69, 9.17) is 5.11 Å². The highest BCUT2D eigenvalue weighted by atomic mass is 19.1. The lowest BCUT2D eigenvalue weighted by molar-refractivity contribution is -0.142. The maximum Gasteiger partial charge on any atom is 0.326 e. The zero-order valence-corrected chi connectivity index (χ0v) is 12.6. The van der Waals surface area contributed by atoms with Crippen molar-refractivity contribution in [2.45, 2.75) is 45.6 Å². The third-order valence-corrected chi connectivity index (χ3v) is 3.25. The molecule has 1 unspecified atom stereocenters. The standard InChI is InChI=1S/C16H22FNO3/c1-10(2)7-14(16(20)21)18-15(19)8-11(3)12-5-4-6-13(17)9-12/h4-6,9-11,14H,7-8H2,1-3H3,(H,18,19)(H,20,21)/t11?,14-/m1/s1. The molecule has 1 aromatic carbocycles. The van der Waals surface area contributed by atoms with E-state index in [9.17, 15) is 14.0 Å². The molecule has 0 saturated heterocycles. The molecule has 5 heteroatoms. The Kier molecular flexibility index (Phi) is 6.34. The maximum absolute atomic E-state index is 13.1. The third-order valence-electron chi connectivity index (χ3n) is 3.25. The van der Waals surface area contributed by atoms with Gasteiger partial charge < -0.3 is 10.4 Å². The second-order valence-corrected chi connectivity index (χ2v) is 5.75. The Labute approximate surface area is 124 Å². The summed E-state index contributed by atoms with van der Waals surface area (Å²) in [7, 11) is 0. The van der Waals surface area contributed by atoms with Crippen LogP contribution < -0.4 is 5.32 Å². The van der Waals surface area contributed by atoms with E-state index < -0.39 is 12.0 Å². The van der Waals surface area contributed by atoms with Gasteiger partial charge in [0.25, 0.3) is 0 Å². The van der Waals surface area contributed by atoms with Gasteiger partial charge in [0.1, 0.15) is 11.9 Å².